The number of nitrogens with two attached hydrogens (primary N) is 1. The van der Waals surface area contributed by atoms with Crippen LogP contribution in [-0.4, -0.2) is 15.6 Å². The van der Waals surface area contributed by atoms with Crippen LogP contribution >= 0.6 is 0 Å². The van der Waals surface area contributed by atoms with Crippen LogP contribution in [0.5, 0.6) is 0 Å². The van der Waals surface area contributed by atoms with Crippen molar-refractivity contribution in [1.29, 1.82) is 0 Å². The van der Waals surface area contributed by atoms with Gasteiger partial charge in [-0.3, -0.25) is 4.98 Å². The summed E-state index contributed by atoms with van der Waals surface area (Å²) in [6, 6.07) is 11.0. The number of aromatic nitrogens is 2. The Morgan fingerprint density at radius 1 is 1.24 bits per heavy atom. The van der Waals surface area contributed by atoms with Gasteiger partial charge in [-0.05, 0) is 48.4 Å². The van der Waals surface area contributed by atoms with E-state index in [0.29, 0.717) is 0 Å². The number of benzene rings is 1. The lowest BCUT2D eigenvalue weighted by molar-refractivity contribution is 0.734. The number of hydrogen-bond acceptors (Lipinski definition) is 2. The van der Waals surface area contributed by atoms with Crippen LogP contribution in [0.3, 0.4) is 0 Å². The van der Waals surface area contributed by atoms with E-state index in [2.05, 4.69) is 59.9 Å². The SMILES string of the molecule is Cc1cncc(Cn2ccc3cccc(CC(C)N)c32)c1. The standard InChI is InChI=1S/C18H21N3/c1-13-8-15(11-20-10-13)12-21-7-6-16-4-3-5-17(18(16)21)9-14(2)19/h3-8,10-11,14H,9,12,19H2,1-2H3. The van der Waals surface area contributed by atoms with Crippen molar-refractivity contribution in [1.82, 2.24) is 9.55 Å². The van der Waals surface area contributed by atoms with E-state index < -0.39 is 0 Å². The van der Waals surface area contributed by atoms with E-state index in [9.17, 15) is 0 Å². The molecule has 3 heteroatoms. The maximum Gasteiger partial charge on any atom is 0.0516 e. The van der Waals surface area contributed by atoms with Crippen molar-refractivity contribution in [3.63, 3.8) is 0 Å². The minimum atomic E-state index is 0.166. The average Bonchev–Trinajstić information content (AvgIpc) is 2.82. The molecule has 0 spiro atoms. The second-order valence-corrected chi connectivity index (χ2v) is 5.85. The molecule has 3 rings (SSSR count). The molecule has 0 saturated heterocycles. The zero-order valence-corrected chi connectivity index (χ0v) is 12.6. The quantitative estimate of drug-likeness (QED) is 0.796. The molecule has 1 unspecified atom stereocenters. The Labute approximate surface area is 125 Å². The van der Waals surface area contributed by atoms with Crippen molar-refractivity contribution in [3.8, 4) is 0 Å². The molecule has 0 bridgehead atoms. The van der Waals surface area contributed by atoms with Gasteiger partial charge >= 0.3 is 0 Å². The van der Waals surface area contributed by atoms with E-state index >= 15 is 0 Å². The normalized spacial score (nSPS) is 12.7. The van der Waals surface area contributed by atoms with Crippen LogP contribution in [0.4, 0.5) is 0 Å². The highest BCUT2D eigenvalue weighted by Crippen LogP contribution is 2.22. The highest BCUT2D eigenvalue weighted by molar-refractivity contribution is 5.83. The van der Waals surface area contributed by atoms with Gasteiger partial charge in [0, 0.05) is 31.2 Å². The fourth-order valence-electron chi connectivity index (χ4n) is 2.88. The molecule has 2 aromatic heterocycles. The summed E-state index contributed by atoms with van der Waals surface area (Å²) >= 11 is 0. The summed E-state index contributed by atoms with van der Waals surface area (Å²) in [6.07, 6.45) is 6.87. The summed E-state index contributed by atoms with van der Waals surface area (Å²) in [6.45, 7) is 4.97. The first-order valence-electron chi connectivity index (χ1n) is 7.36. The lowest BCUT2D eigenvalue weighted by Gasteiger charge is -2.12. The van der Waals surface area contributed by atoms with Crippen molar-refractivity contribution in [2.45, 2.75) is 32.9 Å². The number of nitrogens with zero attached hydrogens (tertiary/aromatic N) is 2. The first kappa shape index (κ1) is 13.8. The Morgan fingerprint density at radius 2 is 2.10 bits per heavy atom. The molecule has 0 aliphatic carbocycles. The van der Waals surface area contributed by atoms with Crippen LogP contribution in [-0.2, 0) is 13.0 Å². The van der Waals surface area contributed by atoms with Gasteiger partial charge in [0.15, 0.2) is 0 Å². The number of pyridine rings is 1. The van der Waals surface area contributed by atoms with Crippen LogP contribution in [0, 0.1) is 6.92 Å². The third kappa shape index (κ3) is 2.98. The predicted molar refractivity (Wildman–Crippen MR) is 87.4 cm³/mol. The van der Waals surface area contributed by atoms with Gasteiger partial charge in [0.1, 0.15) is 0 Å². The molecular weight excluding hydrogens is 258 g/mol. The molecule has 2 N–H and O–H groups in total. The second-order valence-electron chi connectivity index (χ2n) is 5.85. The van der Waals surface area contributed by atoms with E-state index in [0.717, 1.165) is 13.0 Å². The molecular formula is C18H21N3. The Hall–Kier alpha value is -2.13. The monoisotopic (exact) mass is 279 g/mol. The van der Waals surface area contributed by atoms with Gasteiger partial charge in [0.05, 0.1) is 5.52 Å². The highest BCUT2D eigenvalue weighted by Gasteiger charge is 2.09. The molecule has 1 aromatic carbocycles. The van der Waals surface area contributed by atoms with E-state index in [4.69, 9.17) is 5.73 Å². The molecule has 0 fully saturated rings. The molecule has 0 amide bonds. The minimum absolute atomic E-state index is 0.166. The number of rotatable bonds is 4. The zero-order chi connectivity index (χ0) is 14.8. The van der Waals surface area contributed by atoms with Crippen LogP contribution in [0.1, 0.15) is 23.6 Å². The van der Waals surface area contributed by atoms with Gasteiger partial charge in [-0.25, -0.2) is 0 Å². The molecule has 1 atom stereocenters. The summed E-state index contributed by atoms with van der Waals surface area (Å²) in [7, 11) is 0. The van der Waals surface area contributed by atoms with Crippen LogP contribution in [0.2, 0.25) is 0 Å². The first-order chi connectivity index (χ1) is 10.1. The zero-order valence-electron chi connectivity index (χ0n) is 12.6. The van der Waals surface area contributed by atoms with Gasteiger partial charge in [-0.1, -0.05) is 24.3 Å². The summed E-state index contributed by atoms with van der Waals surface area (Å²) < 4.78 is 2.30. The maximum atomic E-state index is 5.99. The topological polar surface area (TPSA) is 43.8 Å². The molecule has 3 nitrogen and oxygen atoms in total. The molecule has 2 heterocycles. The van der Waals surface area contributed by atoms with E-state index in [1.807, 2.05) is 12.4 Å². The number of para-hydroxylation sites is 1. The Morgan fingerprint density at radius 3 is 2.86 bits per heavy atom. The Balaban J connectivity index is 2.02. The first-order valence-corrected chi connectivity index (χ1v) is 7.36. The average molecular weight is 279 g/mol. The predicted octanol–water partition coefficient (Wildman–Crippen LogP) is 3.28. The third-order valence-electron chi connectivity index (χ3n) is 3.70. The Kier molecular flexibility index (Phi) is 3.76. The van der Waals surface area contributed by atoms with E-state index in [-0.39, 0.29) is 6.04 Å². The largest absolute Gasteiger partial charge is 0.343 e. The smallest absolute Gasteiger partial charge is 0.0516 e. The van der Waals surface area contributed by atoms with Gasteiger partial charge in [0.2, 0.25) is 0 Å². The summed E-state index contributed by atoms with van der Waals surface area (Å²) in [5.74, 6) is 0. The molecule has 0 aliphatic rings. The van der Waals surface area contributed by atoms with Crippen LogP contribution in [0.15, 0.2) is 48.9 Å². The summed E-state index contributed by atoms with van der Waals surface area (Å²) in [4.78, 5) is 4.28. The highest BCUT2D eigenvalue weighted by atomic mass is 15.0. The third-order valence-corrected chi connectivity index (χ3v) is 3.70. The molecule has 21 heavy (non-hydrogen) atoms. The van der Waals surface area contributed by atoms with Crippen LogP contribution in [0.25, 0.3) is 10.9 Å². The van der Waals surface area contributed by atoms with Crippen molar-refractivity contribution in [2.75, 3.05) is 0 Å². The summed E-state index contributed by atoms with van der Waals surface area (Å²) in [5.41, 5.74) is 11.0. The van der Waals surface area contributed by atoms with Crippen molar-refractivity contribution < 1.29 is 0 Å². The molecule has 0 saturated carbocycles. The van der Waals surface area contributed by atoms with Crippen molar-refractivity contribution >= 4 is 10.9 Å². The van der Waals surface area contributed by atoms with Crippen molar-refractivity contribution in [3.05, 3.63) is 65.6 Å². The number of fused-ring (bicyclic) bond motifs is 1. The van der Waals surface area contributed by atoms with Crippen molar-refractivity contribution in [2.24, 2.45) is 5.73 Å². The molecule has 108 valence electrons. The minimum Gasteiger partial charge on any atom is -0.343 e. The van der Waals surface area contributed by atoms with Gasteiger partial charge in [-0.15, -0.1) is 0 Å². The van der Waals surface area contributed by atoms with Crippen LogP contribution < -0.4 is 5.73 Å². The van der Waals surface area contributed by atoms with Gasteiger partial charge < -0.3 is 10.3 Å². The maximum absolute atomic E-state index is 5.99. The molecule has 0 aliphatic heterocycles. The number of aryl methyl sites for hydroxylation is 1. The second kappa shape index (κ2) is 5.70. The Bertz CT molecular complexity index is 756. The molecule has 3 aromatic rings. The fourth-order valence-corrected chi connectivity index (χ4v) is 2.88. The fraction of sp³-hybridized carbons (Fsp3) is 0.278. The summed E-state index contributed by atoms with van der Waals surface area (Å²) in [5, 5.41) is 1.27. The lowest BCUT2D eigenvalue weighted by Crippen LogP contribution is -2.18. The number of hydrogen-bond donors (Lipinski definition) is 1. The van der Waals surface area contributed by atoms with E-state index in [1.165, 1.54) is 27.6 Å². The molecule has 0 radical (unpaired) electrons. The van der Waals surface area contributed by atoms with E-state index in [1.54, 1.807) is 0 Å². The van der Waals surface area contributed by atoms with Gasteiger partial charge in [-0.2, -0.15) is 0 Å². The van der Waals surface area contributed by atoms with Gasteiger partial charge in [0.25, 0.3) is 0 Å². The lowest BCUT2D eigenvalue weighted by atomic mass is 10.0.